The molecule has 144 valence electrons. The average Bonchev–Trinajstić information content (AvgIpc) is 3.11. The largest absolute Gasteiger partial charge is 0.379 e. The van der Waals surface area contributed by atoms with Crippen LogP contribution in [0.25, 0.3) is 21.6 Å². The van der Waals surface area contributed by atoms with Gasteiger partial charge < -0.3 is 9.47 Å². The van der Waals surface area contributed by atoms with Crippen molar-refractivity contribution < 1.29 is 9.47 Å². The maximum Gasteiger partial charge on any atom is 0.0810 e. The lowest BCUT2D eigenvalue weighted by Crippen LogP contribution is -2.38. The highest BCUT2D eigenvalue weighted by molar-refractivity contribution is 7.99. The van der Waals surface area contributed by atoms with Crippen molar-refractivity contribution in [1.82, 2.24) is 4.90 Å². The van der Waals surface area contributed by atoms with Gasteiger partial charge in [0.2, 0.25) is 0 Å². The molecule has 3 aromatic rings. The van der Waals surface area contributed by atoms with Gasteiger partial charge in [-0.25, -0.2) is 0 Å². The van der Waals surface area contributed by atoms with Crippen molar-refractivity contribution in [2.45, 2.75) is 16.4 Å². The van der Waals surface area contributed by atoms with E-state index < -0.39 is 0 Å². The molecule has 2 aliphatic heterocycles. The van der Waals surface area contributed by atoms with Crippen LogP contribution in [-0.4, -0.2) is 44.4 Å². The summed E-state index contributed by atoms with van der Waals surface area (Å²) in [5.41, 5.74) is 4.00. The first kappa shape index (κ1) is 18.4. The molecular weight excluding hydrogens is 386 g/mol. The van der Waals surface area contributed by atoms with E-state index in [1.165, 1.54) is 36.2 Å². The van der Waals surface area contributed by atoms with Crippen LogP contribution in [0.2, 0.25) is 0 Å². The number of fused-ring (bicyclic) bond motifs is 5. The summed E-state index contributed by atoms with van der Waals surface area (Å²) < 4.78 is 11.4. The molecule has 0 spiro atoms. The molecule has 28 heavy (non-hydrogen) atoms. The maximum atomic E-state index is 6.03. The summed E-state index contributed by atoms with van der Waals surface area (Å²) in [4.78, 5) is 7.72. The van der Waals surface area contributed by atoms with E-state index in [0.29, 0.717) is 6.61 Å². The fourth-order valence-corrected chi connectivity index (χ4v) is 6.06. The summed E-state index contributed by atoms with van der Waals surface area (Å²) in [6, 6.07) is 19.8. The third-order valence-corrected chi connectivity index (χ3v) is 7.51. The molecule has 0 atom stereocenters. The molecule has 0 radical (unpaired) electrons. The molecule has 5 heteroatoms. The van der Waals surface area contributed by atoms with Gasteiger partial charge in [-0.3, -0.25) is 4.90 Å². The van der Waals surface area contributed by atoms with E-state index in [1.807, 2.05) is 23.1 Å². The molecule has 1 aromatic heterocycles. The SMILES string of the molecule is c1ccc2c(c1)Sc1ccccc1-c1sc(COCCN3CCOCC3)cc1-2. The Morgan fingerprint density at radius 3 is 2.43 bits per heavy atom. The molecule has 0 unspecified atom stereocenters. The van der Waals surface area contributed by atoms with Crippen molar-refractivity contribution in [2.75, 3.05) is 39.5 Å². The molecule has 2 aliphatic rings. The van der Waals surface area contributed by atoms with Gasteiger partial charge in [0.05, 0.1) is 26.4 Å². The zero-order valence-electron chi connectivity index (χ0n) is 15.7. The lowest BCUT2D eigenvalue weighted by molar-refractivity contribution is 0.0183. The Balaban J connectivity index is 1.36. The number of hydrogen-bond acceptors (Lipinski definition) is 5. The highest BCUT2D eigenvalue weighted by atomic mass is 32.2. The molecule has 1 fully saturated rings. The minimum absolute atomic E-state index is 0.680. The Bertz CT molecular complexity index is 900. The molecular formula is C23H23NO2S2. The highest BCUT2D eigenvalue weighted by Gasteiger charge is 2.22. The number of ether oxygens (including phenoxy) is 2. The second kappa shape index (κ2) is 8.39. The van der Waals surface area contributed by atoms with Crippen LogP contribution in [0.3, 0.4) is 0 Å². The van der Waals surface area contributed by atoms with Crippen molar-refractivity contribution in [3.63, 3.8) is 0 Å². The molecule has 5 rings (SSSR count). The summed E-state index contributed by atoms with van der Waals surface area (Å²) in [6.07, 6.45) is 0. The maximum absolute atomic E-state index is 6.03. The summed E-state index contributed by atoms with van der Waals surface area (Å²) in [5, 5.41) is 0. The van der Waals surface area contributed by atoms with E-state index in [9.17, 15) is 0 Å². The predicted octanol–water partition coefficient (Wildman–Crippen LogP) is 5.40. The Labute approximate surface area is 174 Å². The number of rotatable bonds is 5. The van der Waals surface area contributed by atoms with E-state index >= 15 is 0 Å². The number of nitrogens with zero attached hydrogens (tertiary/aromatic N) is 1. The van der Waals surface area contributed by atoms with E-state index in [0.717, 1.165) is 39.5 Å². The van der Waals surface area contributed by atoms with Gasteiger partial charge in [-0.15, -0.1) is 11.3 Å². The van der Waals surface area contributed by atoms with Gasteiger partial charge in [0.25, 0.3) is 0 Å². The molecule has 2 aromatic carbocycles. The average molecular weight is 410 g/mol. The normalized spacial score (nSPS) is 16.1. The van der Waals surface area contributed by atoms with E-state index in [1.54, 1.807) is 0 Å². The lowest BCUT2D eigenvalue weighted by Gasteiger charge is -2.26. The van der Waals surface area contributed by atoms with Crippen molar-refractivity contribution >= 4 is 23.1 Å². The standard InChI is InChI=1S/C23H23NO2S2/c1-3-7-21-18(5-1)20-15-17(16-26-14-11-24-9-12-25-13-10-24)27-23(20)19-6-2-4-8-22(19)28-21/h1-8,15H,9-14,16H2. The fraction of sp³-hybridized carbons (Fsp3) is 0.304. The molecule has 3 nitrogen and oxygen atoms in total. The minimum Gasteiger partial charge on any atom is -0.379 e. The van der Waals surface area contributed by atoms with Crippen LogP contribution in [0.5, 0.6) is 0 Å². The molecule has 0 amide bonds. The van der Waals surface area contributed by atoms with Crippen LogP contribution in [-0.2, 0) is 16.1 Å². The van der Waals surface area contributed by atoms with Crippen molar-refractivity contribution in [3.8, 4) is 21.6 Å². The van der Waals surface area contributed by atoms with Crippen LogP contribution < -0.4 is 0 Å². The van der Waals surface area contributed by atoms with Gasteiger partial charge in [-0.2, -0.15) is 0 Å². The van der Waals surface area contributed by atoms with Crippen molar-refractivity contribution in [1.29, 1.82) is 0 Å². The summed E-state index contributed by atoms with van der Waals surface area (Å²) in [6.45, 7) is 6.15. The first-order valence-electron chi connectivity index (χ1n) is 9.76. The van der Waals surface area contributed by atoms with Gasteiger partial charge in [0.15, 0.2) is 0 Å². The zero-order chi connectivity index (χ0) is 18.8. The third-order valence-electron chi connectivity index (χ3n) is 5.21. The Hall–Kier alpha value is -1.63. The van der Waals surface area contributed by atoms with Crippen LogP contribution >= 0.6 is 23.1 Å². The Morgan fingerprint density at radius 2 is 1.61 bits per heavy atom. The minimum atomic E-state index is 0.680. The van der Waals surface area contributed by atoms with Gasteiger partial charge >= 0.3 is 0 Å². The fourth-order valence-electron chi connectivity index (χ4n) is 3.74. The first-order valence-corrected chi connectivity index (χ1v) is 11.4. The van der Waals surface area contributed by atoms with Crippen molar-refractivity contribution in [2.24, 2.45) is 0 Å². The molecule has 3 heterocycles. The predicted molar refractivity (Wildman–Crippen MR) is 116 cm³/mol. The molecule has 0 aliphatic carbocycles. The van der Waals surface area contributed by atoms with Gasteiger partial charge in [-0.05, 0) is 23.8 Å². The topological polar surface area (TPSA) is 21.7 Å². The van der Waals surface area contributed by atoms with Gasteiger partial charge in [0.1, 0.15) is 0 Å². The van der Waals surface area contributed by atoms with Crippen LogP contribution in [0.1, 0.15) is 4.88 Å². The molecule has 0 saturated carbocycles. The van der Waals surface area contributed by atoms with E-state index in [4.69, 9.17) is 9.47 Å². The molecule has 1 saturated heterocycles. The Kier molecular flexibility index (Phi) is 5.52. The first-order chi connectivity index (χ1) is 13.9. The van der Waals surface area contributed by atoms with Crippen molar-refractivity contribution in [3.05, 3.63) is 59.5 Å². The highest BCUT2D eigenvalue weighted by Crippen LogP contribution is 2.50. The quantitative estimate of drug-likeness (QED) is 0.412. The monoisotopic (exact) mass is 409 g/mol. The lowest BCUT2D eigenvalue weighted by atomic mass is 10.0. The number of morpholine rings is 1. The molecule has 0 N–H and O–H groups in total. The van der Waals surface area contributed by atoms with Gasteiger partial charge in [-0.1, -0.05) is 48.2 Å². The zero-order valence-corrected chi connectivity index (χ0v) is 17.4. The summed E-state index contributed by atoms with van der Waals surface area (Å²) in [5.74, 6) is 0. The summed E-state index contributed by atoms with van der Waals surface area (Å²) in [7, 11) is 0. The van der Waals surface area contributed by atoms with E-state index in [-0.39, 0.29) is 0 Å². The molecule has 0 bridgehead atoms. The second-order valence-electron chi connectivity index (χ2n) is 7.06. The van der Waals surface area contributed by atoms with Crippen LogP contribution in [0.15, 0.2) is 64.4 Å². The summed E-state index contributed by atoms with van der Waals surface area (Å²) >= 11 is 3.74. The third kappa shape index (κ3) is 3.78. The Morgan fingerprint density at radius 1 is 0.893 bits per heavy atom. The van der Waals surface area contributed by atoms with Crippen LogP contribution in [0.4, 0.5) is 0 Å². The smallest absolute Gasteiger partial charge is 0.0810 e. The number of benzene rings is 2. The number of thiophene rings is 1. The van der Waals surface area contributed by atoms with Crippen LogP contribution in [0, 0.1) is 0 Å². The van der Waals surface area contributed by atoms with Gasteiger partial charge in [0, 0.05) is 50.3 Å². The number of hydrogen-bond donors (Lipinski definition) is 0. The second-order valence-corrected chi connectivity index (χ2v) is 9.28. The van der Waals surface area contributed by atoms with E-state index in [2.05, 4.69) is 59.5 Å².